The minimum atomic E-state index is -5.28. The van der Waals surface area contributed by atoms with Crippen molar-refractivity contribution in [3.8, 4) is 0 Å². The van der Waals surface area contributed by atoms with Gasteiger partial charge in [0.15, 0.2) is 17.8 Å². The molecular weight excluding hydrogens is 469 g/mol. The number of hydrogen-bond donors (Lipinski definition) is 1. The first-order valence-electron chi connectivity index (χ1n) is 10.9. The summed E-state index contributed by atoms with van der Waals surface area (Å²) in [7, 11) is 1.32. The number of alkyl halides is 3. The maximum Gasteiger partial charge on any atom is 0.493 e. The lowest BCUT2D eigenvalue weighted by Crippen LogP contribution is -2.61. The predicted molar refractivity (Wildman–Crippen MR) is 122 cm³/mol. The van der Waals surface area contributed by atoms with Crippen LogP contribution in [0.25, 0.3) is 0 Å². The number of nitrogens with one attached hydrogen (secondary N) is 1. The van der Waals surface area contributed by atoms with Gasteiger partial charge >= 0.3 is 17.8 Å². The number of hydroxylamine groups is 1. The highest BCUT2D eigenvalue weighted by atomic mass is 19.4. The number of nitrogens with zero attached hydrogens (tertiary/aromatic N) is 5. The third kappa shape index (κ3) is 4.56. The minimum absolute atomic E-state index is 0.0395. The summed E-state index contributed by atoms with van der Waals surface area (Å²) in [5.41, 5.74) is -0.829. The van der Waals surface area contributed by atoms with Crippen LogP contribution in [-0.4, -0.2) is 65.2 Å². The van der Waals surface area contributed by atoms with Gasteiger partial charge in [0.2, 0.25) is 0 Å². The van der Waals surface area contributed by atoms with E-state index in [2.05, 4.69) is 11.9 Å². The smallest absolute Gasteiger partial charge is 0.327 e. The van der Waals surface area contributed by atoms with E-state index in [0.717, 1.165) is 14.2 Å². The maximum atomic E-state index is 13.6. The van der Waals surface area contributed by atoms with E-state index in [1.165, 1.54) is 18.0 Å². The van der Waals surface area contributed by atoms with Crippen molar-refractivity contribution in [1.29, 1.82) is 0 Å². The van der Waals surface area contributed by atoms with Crippen molar-refractivity contribution in [2.24, 2.45) is 7.05 Å². The Morgan fingerprint density at radius 2 is 1.86 bits per heavy atom. The zero-order valence-electron chi connectivity index (χ0n) is 19.0. The minimum Gasteiger partial charge on any atom is -0.327 e. The Hall–Kier alpha value is -3.58. The highest BCUT2D eigenvalue weighted by Crippen LogP contribution is 2.38. The normalized spacial score (nSPS) is 18.5. The molecule has 1 N–H and O–H groups in total. The van der Waals surface area contributed by atoms with Gasteiger partial charge in [-0.15, -0.1) is 11.6 Å². The van der Waals surface area contributed by atoms with Crippen LogP contribution in [0.15, 0.2) is 52.6 Å². The van der Waals surface area contributed by atoms with Crippen LogP contribution in [0.3, 0.4) is 0 Å². The molecule has 0 aliphatic carbocycles. The third-order valence-corrected chi connectivity index (χ3v) is 5.88. The molecule has 0 bridgehead atoms. The Morgan fingerprint density at radius 3 is 2.46 bits per heavy atom. The summed E-state index contributed by atoms with van der Waals surface area (Å²) in [6, 6.07) is 8.83. The van der Waals surface area contributed by atoms with Crippen LogP contribution < -0.4 is 26.5 Å². The molecule has 35 heavy (non-hydrogen) atoms. The SMILES string of the molecule is C=CCN1c2c(n(C)c(=O)n(Cc3ccccc3)c2=O)N(OC(=O)C(F)(F)F)C1N1CCNCC1. The Bertz CT molecular complexity index is 1220. The largest absolute Gasteiger partial charge is 0.493 e. The van der Waals surface area contributed by atoms with Crippen molar-refractivity contribution in [3.05, 3.63) is 69.4 Å². The Labute approximate surface area is 198 Å². The maximum absolute atomic E-state index is 13.6. The Balaban J connectivity index is 1.90. The highest BCUT2D eigenvalue weighted by molar-refractivity contribution is 5.80. The van der Waals surface area contributed by atoms with E-state index in [4.69, 9.17) is 4.84 Å². The molecule has 1 aromatic carbocycles. The molecule has 0 radical (unpaired) electrons. The number of anilines is 2. The van der Waals surface area contributed by atoms with E-state index < -0.39 is 29.7 Å². The first kappa shape index (κ1) is 24.5. The molecular formula is C22H25F3N6O4. The predicted octanol–water partition coefficient (Wildman–Crippen LogP) is 0.617. The third-order valence-electron chi connectivity index (χ3n) is 5.88. The fraction of sp³-hybridized carbons (Fsp3) is 0.409. The molecule has 4 rings (SSSR count). The summed E-state index contributed by atoms with van der Waals surface area (Å²) in [5.74, 6) is -2.68. The zero-order chi connectivity index (χ0) is 25.3. The van der Waals surface area contributed by atoms with Crippen molar-refractivity contribution in [2.45, 2.75) is 19.0 Å². The molecule has 13 heteroatoms. The first-order valence-corrected chi connectivity index (χ1v) is 10.9. The molecule has 2 aliphatic rings. The van der Waals surface area contributed by atoms with E-state index in [0.29, 0.717) is 31.7 Å². The van der Waals surface area contributed by atoms with Gasteiger partial charge in [-0.1, -0.05) is 36.4 Å². The van der Waals surface area contributed by atoms with Gasteiger partial charge < -0.3 is 15.1 Å². The van der Waals surface area contributed by atoms with Crippen molar-refractivity contribution < 1.29 is 22.8 Å². The van der Waals surface area contributed by atoms with Crippen LogP contribution in [0.4, 0.5) is 24.7 Å². The summed E-state index contributed by atoms with van der Waals surface area (Å²) in [6.07, 6.45) is -4.87. The van der Waals surface area contributed by atoms with Gasteiger partial charge in [-0.05, 0) is 5.56 Å². The van der Waals surface area contributed by atoms with E-state index in [9.17, 15) is 27.6 Å². The van der Waals surface area contributed by atoms with E-state index in [-0.39, 0.29) is 24.6 Å². The standard InChI is InChI=1S/C22H25F3N6O4/c1-3-11-29-16-17(27(2)21(34)30(18(16)32)14-15-7-5-4-6-8-15)31(35-19(33)22(23,24)25)20(29)28-12-9-26-10-13-28/h3-8,20,26H,1,9-14H2,2H3. The van der Waals surface area contributed by atoms with Gasteiger partial charge in [-0.2, -0.15) is 13.2 Å². The fourth-order valence-electron chi connectivity index (χ4n) is 4.32. The van der Waals surface area contributed by atoms with Gasteiger partial charge in [0.25, 0.3) is 5.56 Å². The number of aromatic nitrogens is 2. The second-order valence-electron chi connectivity index (χ2n) is 8.17. The molecule has 1 aromatic heterocycles. The molecule has 1 saturated heterocycles. The summed E-state index contributed by atoms with van der Waals surface area (Å²) in [4.78, 5) is 46.8. The quantitative estimate of drug-likeness (QED) is 0.585. The van der Waals surface area contributed by atoms with Crippen LogP contribution >= 0.6 is 0 Å². The summed E-state index contributed by atoms with van der Waals surface area (Å²) >= 11 is 0. The molecule has 0 amide bonds. The second-order valence-corrected chi connectivity index (χ2v) is 8.17. The molecule has 2 aromatic rings. The molecule has 188 valence electrons. The van der Waals surface area contributed by atoms with E-state index >= 15 is 0 Å². The topological polar surface area (TPSA) is 92.0 Å². The van der Waals surface area contributed by atoms with Gasteiger partial charge in [0.05, 0.1) is 6.54 Å². The summed E-state index contributed by atoms with van der Waals surface area (Å²) < 4.78 is 41.5. The number of carbonyl (C=O) groups excluding carboxylic acids is 1. The van der Waals surface area contributed by atoms with Crippen LogP contribution in [0.2, 0.25) is 0 Å². The number of halogens is 3. The molecule has 3 heterocycles. The second kappa shape index (κ2) is 9.58. The molecule has 10 nitrogen and oxygen atoms in total. The van der Waals surface area contributed by atoms with Crippen LogP contribution in [0, 0.1) is 0 Å². The monoisotopic (exact) mass is 494 g/mol. The lowest BCUT2D eigenvalue weighted by molar-refractivity contribution is -0.203. The number of hydrogen-bond acceptors (Lipinski definition) is 8. The fourth-order valence-corrected chi connectivity index (χ4v) is 4.32. The van der Waals surface area contributed by atoms with Gasteiger partial charge in [-0.3, -0.25) is 18.8 Å². The van der Waals surface area contributed by atoms with E-state index in [1.54, 1.807) is 35.2 Å². The average Bonchev–Trinajstić information content (AvgIpc) is 3.15. The lowest BCUT2D eigenvalue weighted by Gasteiger charge is -2.40. The molecule has 1 fully saturated rings. The summed E-state index contributed by atoms with van der Waals surface area (Å²) in [5, 5.41) is 3.86. The number of piperazine rings is 1. The van der Waals surface area contributed by atoms with Gasteiger partial charge in [0, 0.05) is 39.8 Å². The highest BCUT2D eigenvalue weighted by Gasteiger charge is 2.50. The number of benzene rings is 1. The van der Waals surface area contributed by atoms with Gasteiger partial charge in [0.1, 0.15) is 0 Å². The zero-order valence-corrected chi connectivity index (χ0v) is 19.0. The molecule has 1 atom stereocenters. The summed E-state index contributed by atoms with van der Waals surface area (Å²) in [6.45, 7) is 5.59. The van der Waals surface area contributed by atoms with E-state index in [1.807, 2.05) is 0 Å². The Kier molecular flexibility index (Phi) is 6.72. The van der Waals surface area contributed by atoms with Crippen molar-refractivity contribution >= 4 is 17.5 Å². The molecule has 0 saturated carbocycles. The van der Waals surface area contributed by atoms with Gasteiger partial charge in [-0.25, -0.2) is 9.59 Å². The first-order chi connectivity index (χ1) is 16.6. The van der Waals surface area contributed by atoms with Crippen molar-refractivity contribution in [1.82, 2.24) is 19.4 Å². The lowest BCUT2D eigenvalue weighted by atomic mass is 10.2. The Morgan fingerprint density at radius 1 is 1.20 bits per heavy atom. The number of rotatable bonds is 6. The number of carbonyl (C=O) groups is 1. The molecule has 1 unspecified atom stereocenters. The van der Waals surface area contributed by atoms with Crippen LogP contribution in [-0.2, 0) is 23.2 Å². The average molecular weight is 494 g/mol. The van der Waals surface area contributed by atoms with Crippen LogP contribution in [0.1, 0.15) is 5.56 Å². The number of fused-ring (bicyclic) bond motifs is 1. The van der Waals surface area contributed by atoms with Crippen molar-refractivity contribution in [3.63, 3.8) is 0 Å². The molecule has 2 aliphatic heterocycles. The van der Waals surface area contributed by atoms with Crippen molar-refractivity contribution in [2.75, 3.05) is 42.7 Å². The van der Waals surface area contributed by atoms with Crippen LogP contribution in [0.5, 0.6) is 0 Å². The molecule has 0 spiro atoms.